The standard InChI is InChI=1S/C12H6O3/c13-6-1-2-9-3-4-12-10(8-9)11(14)5-7-15-12/h3-8H. The summed E-state index contributed by atoms with van der Waals surface area (Å²) in [5.41, 5.74) is 1.01. The van der Waals surface area contributed by atoms with Gasteiger partial charge in [0.25, 0.3) is 0 Å². The third-order valence-corrected chi connectivity index (χ3v) is 1.93. The number of benzene rings is 1. The largest absolute Gasteiger partial charge is 0.464 e. The molecule has 0 spiro atoms. The van der Waals surface area contributed by atoms with Crippen LogP contribution in [-0.2, 0) is 4.79 Å². The number of carbonyl (C=O) groups excluding carboxylic acids is 1. The van der Waals surface area contributed by atoms with Crippen molar-refractivity contribution in [2.75, 3.05) is 0 Å². The molecule has 0 amide bonds. The maximum atomic E-state index is 11.4. The summed E-state index contributed by atoms with van der Waals surface area (Å²) in [5, 5.41) is 0.468. The van der Waals surface area contributed by atoms with Crippen molar-refractivity contribution in [2.45, 2.75) is 0 Å². The second kappa shape index (κ2) is 3.81. The van der Waals surface area contributed by atoms with Gasteiger partial charge in [0, 0.05) is 11.6 Å². The van der Waals surface area contributed by atoms with E-state index in [2.05, 4.69) is 11.8 Å². The van der Waals surface area contributed by atoms with Crippen molar-refractivity contribution in [3.05, 3.63) is 46.3 Å². The predicted molar refractivity (Wildman–Crippen MR) is 55.4 cm³/mol. The minimum atomic E-state index is -0.119. The van der Waals surface area contributed by atoms with Crippen molar-refractivity contribution in [3.8, 4) is 11.8 Å². The number of hydrogen-bond acceptors (Lipinski definition) is 3. The van der Waals surface area contributed by atoms with E-state index in [0.29, 0.717) is 22.8 Å². The van der Waals surface area contributed by atoms with Gasteiger partial charge < -0.3 is 4.42 Å². The second-order valence-corrected chi connectivity index (χ2v) is 2.88. The molecule has 72 valence electrons. The summed E-state index contributed by atoms with van der Waals surface area (Å²) in [7, 11) is 0. The van der Waals surface area contributed by atoms with Crippen LogP contribution in [0.25, 0.3) is 11.0 Å². The van der Waals surface area contributed by atoms with Gasteiger partial charge in [0.15, 0.2) is 11.7 Å². The molecular weight excluding hydrogens is 192 g/mol. The van der Waals surface area contributed by atoms with Crippen LogP contribution in [0.5, 0.6) is 0 Å². The molecule has 0 unspecified atom stereocenters. The second-order valence-electron chi connectivity index (χ2n) is 2.88. The Balaban J connectivity index is 2.70. The first-order valence-corrected chi connectivity index (χ1v) is 4.28. The van der Waals surface area contributed by atoms with E-state index in [1.807, 2.05) is 0 Å². The first kappa shape index (κ1) is 9.22. The Kier molecular flexibility index (Phi) is 2.34. The van der Waals surface area contributed by atoms with Crippen LogP contribution < -0.4 is 5.43 Å². The first-order chi connectivity index (χ1) is 7.31. The van der Waals surface area contributed by atoms with Crippen LogP contribution in [0.3, 0.4) is 0 Å². The van der Waals surface area contributed by atoms with Gasteiger partial charge in [-0.15, -0.1) is 0 Å². The number of aldehydes is 1. The molecule has 0 aliphatic heterocycles. The molecule has 0 bridgehead atoms. The lowest BCUT2D eigenvalue weighted by atomic mass is 10.1. The van der Waals surface area contributed by atoms with E-state index >= 15 is 0 Å². The summed E-state index contributed by atoms with van der Waals surface area (Å²) < 4.78 is 5.13. The zero-order valence-corrected chi connectivity index (χ0v) is 7.69. The third kappa shape index (κ3) is 1.79. The van der Waals surface area contributed by atoms with Crippen molar-refractivity contribution in [1.29, 1.82) is 0 Å². The average molecular weight is 198 g/mol. The summed E-state index contributed by atoms with van der Waals surface area (Å²) >= 11 is 0. The zero-order valence-electron chi connectivity index (χ0n) is 7.69. The van der Waals surface area contributed by atoms with Gasteiger partial charge in [0.05, 0.1) is 11.6 Å². The van der Waals surface area contributed by atoms with E-state index in [9.17, 15) is 9.59 Å². The Morgan fingerprint density at radius 2 is 2.13 bits per heavy atom. The van der Waals surface area contributed by atoms with Gasteiger partial charge in [-0.2, -0.15) is 0 Å². The van der Waals surface area contributed by atoms with Gasteiger partial charge in [-0.1, -0.05) is 5.92 Å². The number of hydrogen-bond donors (Lipinski definition) is 0. The molecule has 0 N–H and O–H groups in total. The molecule has 3 heteroatoms. The SMILES string of the molecule is O=CC#Cc1ccc2occc(=O)c2c1. The van der Waals surface area contributed by atoms with E-state index in [-0.39, 0.29) is 5.43 Å². The summed E-state index contributed by atoms with van der Waals surface area (Å²) in [4.78, 5) is 21.5. The number of fused-ring (bicyclic) bond motifs is 1. The number of rotatable bonds is 0. The van der Waals surface area contributed by atoms with Crippen LogP contribution in [-0.4, -0.2) is 6.29 Å². The normalized spacial score (nSPS) is 9.33. The van der Waals surface area contributed by atoms with E-state index in [4.69, 9.17) is 4.42 Å². The van der Waals surface area contributed by atoms with Crippen LogP contribution in [0.1, 0.15) is 5.56 Å². The summed E-state index contributed by atoms with van der Waals surface area (Å²) in [6.45, 7) is 0. The van der Waals surface area contributed by atoms with Gasteiger partial charge in [0.1, 0.15) is 5.58 Å². The average Bonchev–Trinajstić information content (AvgIpc) is 2.27. The Hall–Kier alpha value is -2.34. The van der Waals surface area contributed by atoms with E-state index < -0.39 is 0 Å². The van der Waals surface area contributed by atoms with Gasteiger partial charge in [-0.3, -0.25) is 9.59 Å². The minimum Gasteiger partial charge on any atom is -0.464 e. The molecule has 3 nitrogen and oxygen atoms in total. The zero-order chi connectivity index (χ0) is 10.7. The molecule has 1 aromatic carbocycles. The molecule has 0 saturated carbocycles. The van der Waals surface area contributed by atoms with E-state index in [1.165, 1.54) is 12.3 Å². The highest BCUT2D eigenvalue weighted by atomic mass is 16.3. The lowest BCUT2D eigenvalue weighted by molar-refractivity contribution is -0.103. The van der Waals surface area contributed by atoms with E-state index in [0.717, 1.165) is 0 Å². The van der Waals surface area contributed by atoms with Gasteiger partial charge >= 0.3 is 0 Å². The molecule has 1 heterocycles. The van der Waals surface area contributed by atoms with Crippen molar-refractivity contribution < 1.29 is 9.21 Å². The van der Waals surface area contributed by atoms with E-state index in [1.54, 1.807) is 18.2 Å². The first-order valence-electron chi connectivity index (χ1n) is 4.28. The minimum absolute atomic E-state index is 0.119. The fraction of sp³-hybridized carbons (Fsp3) is 0. The molecule has 0 aliphatic rings. The topological polar surface area (TPSA) is 47.3 Å². The van der Waals surface area contributed by atoms with Crippen LogP contribution in [0, 0.1) is 11.8 Å². The summed E-state index contributed by atoms with van der Waals surface area (Å²) in [5.74, 6) is 4.90. The Morgan fingerprint density at radius 3 is 2.93 bits per heavy atom. The highest BCUT2D eigenvalue weighted by molar-refractivity contribution is 5.79. The fourth-order valence-electron chi connectivity index (χ4n) is 1.27. The van der Waals surface area contributed by atoms with Crippen LogP contribution in [0.4, 0.5) is 0 Å². The predicted octanol–water partition coefficient (Wildman–Crippen LogP) is 1.34. The van der Waals surface area contributed by atoms with Crippen molar-refractivity contribution in [1.82, 2.24) is 0 Å². The maximum absolute atomic E-state index is 11.4. The molecule has 0 saturated heterocycles. The molecule has 2 aromatic rings. The van der Waals surface area contributed by atoms with Crippen molar-refractivity contribution >= 4 is 17.3 Å². The highest BCUT2D eigenvalue weighted by Gasteiger charge is 1.99. The van der Waals surface area contributed by atoms with Crippen molar-refractivity contribution in [3.63, 3.8) is 0 Å². The van der Waals surface area contributed by atoms with Crippen molar-refractivity contribution in [2.24, 2.45) is 0 Å². The smallest absolute Gasteiger partial charge is 0.193 e. The van der Waals surface area contributed by atoms with Crippen LogP contribution in [0.15, 0.2) is 39.7 Å². The van der Waals surface area contributed by atoms with Gasteiger partial charge in [0.2, 0.25) is 0 Å². The Morgan fingerprint density at radius 1 is 1.27 bits per heavy atom. The van der Waals surface area contributed by atoms with Gasteiger partial charge in [-0.25, -0.2) is 0 Å². The molecule has 0 aliphatic carbocycles. The summed E-state index contributed by atoms with van der Waals surface area (Å²) in [6.07, 6.45) is 1.86. The molecule has 1 aromatic heterocycles. The fourth-order valence-corrected chi connectivity index (χ4v) is 1.27. The Bertz CT molecular complexity index is 626. The van der Waals surface area contributed by atoms with Gasteiger partial charge in [-0.05, 0) is 24.1 Å². The third-order valence-electron chi connectivity index (χ3n) is 1.93. The highest BCUT2D eigenvalue weighted by Crippen LogP contribution is 2.11. The van der Waals surface area contributed by atoms with Crippen LogP contribution in [0.2, 0.25) is 0 Å². The van der Waals surface area contributed by atoms with Crippen LogP contribution >= 0.6 is 0 Å². The molecule has 0 fully saturated rings. The molecule has 0 radical (unpaired) electrons. The monoisotopic (exact) mass is 198 g/mol. The molecule has 0 atom stereocenters. The molecule has 15 heavy (non-hydrogen) atoms. The summed E-state index contributed by atoms with van der Waals surface area (Å²) in [6, 6.07) is 6.31. The lowest BCUT2D eigenvalue weighted by Gasteiger charge is -1.95. The Labute approximate surface area is 85.3 Å². The lowest BCUT2D eigenvalue weighted by Crippen LogP contribution is -1.97. The maximum Gasteiger partial charge on any atom is 0.193 e. The number of carbonyl (C=O) groups is 1. The molecular formula is C12H6O3. The quantitative estimate of drug-likeness (QED) is 0.474. The molecule has 2 rings (SSSR count).